The normalized spacial score (nSPS) is 12.6. The molecule has 1 atom stereocenters. The molecule has 1 aromatic carbocycles. The van der Waals surface area contributed by atoms with Crippen LogP contribution in [0.15, 0.2) is 59.3 Å². The Morgan fingerprint density at radius 3 is 2.59 bits per heavy atom. The fourth-order valence-corrected chi connectivity index (χ4v) is 2.63. The number of nitrogens with one attached hydrogen (secondary N) is 1. The summed E-state index contributed by atoms with van der Waals surface area (Å²) < 4.78 is 12.8. The molecule has 0 saturated carbocycles. The largest absolute Gasteiger partial charge is 0.481 e. The number of furan rings is 1. The van der Waals surface area contributed by atoms with E-state index in [1.165, 1.54) is 5.56 Å². The predicted octanol–water partition coefficient (Wildman–Crippen LogP) is 4.23. The van der Waals surface area contributed by atoms with Crippen LogP contribution in [0.1, 0.15) is 39.0 Å². The van der Waals surface area contributed by atoms with Crippen molar-refractivity contribution in [2.45, 2.75) is 45.8 Å². The van der Waals surface area contributed by atoms with Gasteiger partial charge >= 0.3 is 0 Å². The first kappa shape index (κ1) is 18.8. The predicted molar refractivity (Wildman–Crippen MR) is 104 cm³/mol. The molecule has 3 rings (SSSR count). The van der Waals surface area contributed by atoms with Gasteiger partial charge < -0.3 is 14.5 Å². The first-order valence-corrected chi connectivity index (χ1v) is 8.95. The maximum absolute atomic E-state index is 12.5. The van der Waals surface area contributed by atoms with Crippen LogP contribution in [0.5, 0.6) is 5.75 Å². The number of amides is 1. The lowest BCUT2D eigenvalue weighted by atomic mass is 9.87. The minimum atomic E-state index is -0.641. The van der Waals surface area contributed by atoms with Crippen LogP contribution in [0.2, 0.25) is 0 Å². The van der Waals surface area contributed by atoms with Crippen LogP contribution >= 0.6 is 0 Å². The number of hydrogen-bond acceptors (Lipinski definition) is 4. The maximum Gasteiger partial charge on any atom is 0.266 e. The van der Waals surface area contributed by atoms with Crippen LogP contribution in [0.3, 0.4) is 0 Å². The average Bonchev–Trinajstić information content (AvgIpc) is 3.27. The van der Waals surface area contributed by atoms with E-state index < -0.39 is 6.10 Å². The molecule has 0 spiro atoms. The van der Waals surface area contributed by atoms with Crippen LogP contribution in [0.4, 0.5) is 5.82 Å². The van der Waals surface area contributed by atoms with Gasteiger partial charge in [0.05, 0.1) is 12.5 Å². The molecular weight excluding hydrogens is 342 g/mol. The standard InChI is InChI=1S/C21H25N3O3/c1-15(27-17-9-7-16(8-10-17)21(2,3)4)20(25)23-19-11-12-22-24(19)14-18-6-5-13-26-18/h5-13,15H,14H2,1-4H3,(H,23,25)/t15-/m0/s1. The third-order valence-electron chi connectivity index (χ3n) is 4.26. The lowest BCUT2D eigenvalue weighted by Crippen LogP contribution is -2.31. The van der Waals surface area contributed by atoms with Crippen LogP contribution < -0.4 is 10.1 Å². The molecular formula is C21H25N3O3. The molecule has 0 radical (unpaired) electrons. The third-order valence-corrected chi connectivity index (χ3v) is 4.26. The molecule has 0 saturated heterocycles. The van der Waals surface area contributed by atoms with E-state index in [2.05, 4.69) is 31.2 Å². The Hall–Kier alpha value is -3.02. The Balaban J connectivity index is 1.61. The lowest BCUT2D eigenvalue weighted by molar-refractivity contribution is -0.122. The Labute approximate surface area is 159 Å². The van der Waals surface area contributed by atoms with Crippen molar-refractivity contribution in [3.8, 4) is 5.75 Å². The van der Waals surface area contributed by atoms with E-state index in [1.54, 1.807) is 30.1 Å². The van der Waals surface area contributed by atoms with E-state index in [1.807, 2.05) is 36.4 Å². The van der Waals surface area contributed by atoms with E-state index in [0.717, 1.165) is 5.76 Å². The van der Waals surface area contributed by atoms with Crippen molar-refractivity contribution < 1.29 is 13.9 Å². The average molecular weight is 367 g/mol. The zero-order chi connectivity index (χ0) is 19.4. The van der Waals surface area contributed by atoms with Gasteiger partial charge in [-0.05, 0) is 42.2 Å². The van der Waals surface area contributed by atoms with Crippen LogP contribution in [0.25, 0.3) is 0 Å². The number of ether oxygens (including phenoxy) is 1. The van der Waals surface area contributed by atoms with E-state index in [0.29, 0.717) is 18.1 Å². The maximum atomic E-state index is 12.5. The SMILES string of the molecule is C[C@H](Oc1ccc(C(C)(C)C)cc1)C(=O)Nc1ccnn1Cc1ccco1. The molecule has 2 aromatic heterocycles. The first-order valence-electron chi connectivity index (χ1n) is 8.95. The summed E-state index contributed by atoms with van der Waals surface area (Å²) in [5.41, 5.74) is 1.29. The van der Waals surface area contributed by atoms with Crippen molar-refractivity contribution in [3.63, 3.8) is 0 Å². The molecule has 0 aliphatic heterocycles. The van der Waals surface area contributed by atoms with Crippen molar-refractivity contribution in [1.82, 2.24) is 9.78 Å². The number of carbonyl (C=O) groups excluding carboxylic acids is 1. The van der Waals surface area contributed by atoms with Gasteiger partial charge in [0.1, 0.15) is 23.9 Å². The van der Waals surface area contributed by atoms with E-state index in [-0.39, 0.29) is 11.3 Å². The van der Waals surface area contributed by atoms with Gasteiger partial charge in [-0.1, -0.05) is 32.9 Å². The van der Waals surface area contributed by atoms with E-state index in [4.69, 9.17) is 9.15 Å². The molecule has 3 aromatic rings. The Kier molecular flexibility index (Phi) is 5.35. The molecule has 0 unspecified atom stereocenters. The summed E-state index contributed by atoms with van der Waals surface area (Å²) in [6.07, 6.45) is 2.60. The van der Waals surface area contributed by atoms with E-state index >= 15 is 0 Å². The summed E-state index contributed by atoms with van der Waals surface area (Å²) in [6.45, 7) is 8.64. The first-order chi connectivity index (χ1) is 12.8. The minimum Gasteiger partial charge on any atom is -0.481 e. The smallest absolute Gasteiger partial charge is 0.266 e. The quantitative estimate of drug-likeness (QED) is 0.708. The minimum absolute atomic E-state index is 0.0773. The van der Waals surface area contributed by atoms with Gasteiger partial charge in [0.25, 0.3) is 5.91 Å². The number of anilines is 1. The highest BCUT2D eigenvalue weighted by molar-refractivity contribution is 5.93. The van der Waals surface area contributed by atoms with Crippen molar-refractivity contribution in [2.24, 2.45) is 0 Å². The van der Waals surface area contributed by atoms with Gasteiger partial charge in [-0.25, -0.2) is 4.68 Å². The van der Waals surface area contributed by atoms with Gasteiger partial charge in [0, 0.05) is 6.07 Å². The van der Waals surface area contributed by atoms with Gasteiger partial charge in [0.2, 0.25) is 0 Å². The fourth-order valence-electron chi connectivity index (χ4n) is 2.63. The van der Waals surface area contributed by atoms with Crippen molar-refractivity contribution in [1.29, 1.82) is 0 Å². The summed E-state index contributed by atoms with van der Waals surface area (Å²) in [4.78, 5) is 12.5. The van der Waals surface area contributed by atoms with Crippen molar-refractivity contribution in [2.75, 3.05) is 5.32 Å². The fraction of sp³-hybridized carbons (Fsp3) is 0.333. The van der Waals surface area contributed by atoms with Gasteiger partial charge in [-0.2, -0.15) is 5.10 Å². The molecule has 2 heterocycles. The second-order valence-electron chi connectivity index (χ2n) is 7.48. The molecule has 142 valence electrons. The summed E-state index contributed by atoms with van der Waals surface area (Å²) in [7, 11) is 0. The highest BCUT2D eigenvalue weighted by atomic mass is 16.5. The molecule has 27 heavy (non-hydrogen) atoms. The molecule has 6 heteroatoms. The molecule has 0 aliphatic rings. The third kappa shape index (κ3) is 4.78. The molecule has 0 fully saturated rings. The number of benzene rings is 1. The zero-order valence-corrected chi connectivity index (χ0v) is 16.1. The number of carbonyl (C=O) groups is 1. The summed E-state index contributed by atoms with van der Waals surface area (Å²) in [5, 5.41) is 7.07. The van der Waals surface area contributed by atoms with Crippen molar-refractivity contribution >= 4 is 11.7 Å². The number of aromatic nitrogens is 2. The molecule has 0 aliphatic carbocycles. The molecule has 0 bridgehead atoms. The number of hydrogen-bond donors (Lipinski definition) is 1. The Morgan fingerprint density at radius 2 is 1.96 bits per heavy atom. The van der Waals surface area contributed by atoms with Gasteiger partial charge in [0.15, 0.2) is 6.10 Å². The topological polar surface area (TPSA) is 69.3 Å². The highest BCUT2D eigenvalue weighted by Gasteiger charge is 2.18. The summed E-state index contributed by atoms with van der Waals surface area (Å²) in [5.74, 6) is 1.78. The number of rotatable bonds is 6. The highest BCUT2D eigenvalue weighted by Crippen LogP contribution is 2.24. The van der Waals surface area contributed by atoms with Crippen molar-refractivity contribution in [3.05, 3.63) is 66.2 Å². The van der Waals surface area contributed by atoms with E-state index in [9.17, 15) is 4.79 Å². The van der Waals surface area contributed by atoms with Crippen LogP contribution in [-0.2, 0) is 16.8 Å². The Bertz CT molecular complexity index is 874. The Morgan fingerprint density at radius 1 is 1.22 bits per heavy atom. The summed E-state index contributed by atoms with van der Waals surface area (Å²) >= 11 is 0. The van der Waals surface area contributed by atoms with Gasteiger partial charge in [-0.15, -0.1) is 0 Å². The molecule has 6 nitrogen and oxygen atoms in total. The summed E-state index contributed by atoms with van der Waals surface area (Å²) in [6, 6.07) is 13.3. The van der Waals surface area contributed by atoms with Crippen LogP contribution in [0, 0.1) is 0 Å². The zero-order valence-electron chi connectivity index (χ0n) is 16.1. The number of nitrogens with zero attached hydrogens (tertiary/aromatic N) is 2. The second kappa shape index (κ2) is 7.70. The lowest BCUT2D eigenvalue weighted by Gasteiger charge is -2.20. The van der Waals surface area contributed by atoms with Crippen LogP contribution in [-0.4, -0.2) is 21.8 Å². The monoisotopic (exact) mass is 367 g/mol. The molecule has 1 amide bonds. The molecule has 1 N–H and O–H groups in total. The van der Waals surface area contributed by atoms with Gasteiger partial charge in [-0.3, -0.25) is 4.79 Å². The second-order valence-corrected chi connectivity index (χ2v) is 7.48.